The smallest absolute Gasteiger partial charge is 0.314 e. The van der Waals surface area contributed by atoms with E-state index in [-0.39, 0.29) is 11.8 Å². The average molecular weight is 338 g/mol. The van der Waals surface area contributed by atoms with Gasteiger partial charge >= 0.3 is 6.03 Å². The van der Waals surface area contributed by atoms with Crippen molar-refractivity contribution in [1.29, 1.82) is 0 Å². The van der Waals surface area contributed by atoms with Gasteiger partial charge in [0.25, 0.3) is 0 Å². The average Bonchev–Trinajstić information content (AvgIpc) is 3.06. The van der Waals surface area contributed by atoms with Gasteiger partial charge in [-0.15, -0.1) is 0 Å². The molecule has 0 aliphatic carbocycles. The maximum Gasteiger partial charge on any atom is 0.322 e. The lowest BCUT2D eigenvalue weighted by atomic mass is 10.0. The third-order valence-electron chi connectivity index (χ3n) is 4.59. The highest BCUT2D eigenvalue weighted by molar-refractivity contribution is 5.89. The minimum absolute atomic E-state index is 0.202. The van der Waals surface area contributed by atoms with Gasteiger partial charge in [0.15, 0.2) is 0 Å². The summed E-state index contributed by atoms with van der Waals surface area (Å²) in [5, 5.41) is 6.19. The number of fused-ring (bicyclic) bond motifs is 1. The number of urea groups is 1. The SMILES string of the molecule is O=C(Nc1ccc(C2=CCNCC2)cc1)N1Cc2cc(F)cnc2C1. The van der Waals surface area contributed by atoms with Crippen molar-refractivity contribution >= 4 is 17.3 Å². The summed E-state index contributed by atoms with van der Waals surface area (Å²) in [5.74, 6) is -0.371. The van der Waals surface area contributed by atoms with Crippen LogP contribution in [0.5, 0.6) is 0 Å². The molecule has 0 radical (unpaired) electrons. The summed E-state index contributed by atoms with van der Waals surface area (Å²) in [6, 6.07) is 9.13. The number of halogens is 1. The van der Waals surface area contributed by atoms with Crippen LogP contribution in [-0.2, 0) is 13.1 Å². The van der Waals surface area contributed by atoms with Gasteiger partial charge in [-0.25, -0.2) is 9.18 Å². The molecular formula is C19H19FN4O. The molecule has 2 amide bonds. The highest BCUT2D eigenvalue weighted by Crippen LogP contribution is 2.24. The predicted molar refractivity (Wildman–Crippen MR) is 94.4 cm³/mol. The first kappa shape index (κ1) is 15.8. The number of benzene rings is 1. The maximum atomic E-state index is 13.2. The van der Waals surface area contributed by atoms with Crippen molar-refractivity contribution in [2.24, 2.45) is 0 Å². The summed E-state index contributed by atoms with van der Waals surface area (Å²) in [7, 11) is 0. The molecule has 2 aromatic rings. The number of nitrogens with one attached hydrogen (secondary N) is 2. The molecule has 2 aliphatic heterocycles. The van der Waals surface area contributed by atoms with Crippen LogP contribution in [0.15, 0.2) is 42.6 Å². The normalized spacial score (nSPS) is 16.4. The zero-order valence-corrected chi connectivity index (χ0v) is 13.8. The fraction of sp³-hybridized carbons (Fsp3) is 0.263. The van der Waals surface area contributed by atoms with Crippen molar-refractivity contribution in [3.05, 3.63) is 65.2 Å². The number of anilines is 1. The number of carbonyl (C=O) groups excluding carboxylic acids is 1. The molecule has 0 saturated heterocycles. The zero-order chi connectivity index (χ0) is 17.2. The summed E-state index contributed by atoms with van der Waals surface area (Å²) >= 11 is 0. The van der Waals surface area contributed by atoms with Gasteiger partial charge in [-0.05, 0) is 47.9 Å². The Morgan fingerprint density at radius 1 is 1.24 bits per heavy atom. The summed E-state index contributed by atoms with van der Waals surface area (Å²) in [4.78, 5) is 18.1. The van der Waals surface area contributed by atoms with Crippen molar-refractivity contribution in [2.45, 2.75) is 19.5 Å². The molecule has 2 aliphatic rings. The Kier molecular flexibility index (Phi) is 4.19. The Morgan fingerprint density at radius 2 is 2.08 bits per heavy atom. The lowest BCUT2D eigenvalue weighted by Crippen LogP contribution is -2.30. The molecule has 0 atom stereocenters. The Hall–Kier alpha value is -2.73. The second-order valence-electron chi connectivity index (χ2n) is 6.31. The largest absolute Gasteiger partial charge is 0.322 e. The molecule has 1 aromatic carbocycles. The fourth-order valence-electron chi connectivity index (χ4n) is 3.23. The zero-order valence-electron chi connectivity index (χ0n) is 13.8. The fourth-order valence-corrected chi connectivity index (χ4v) is 3.23. The van der Waals surface area contributed by atoms with E-state index in [0.717, 1.165) is 36.5 Å². The van der Waals surface area contributed by atoms with Gasteiger partial charge < -0.3 is 15.5 Å². The van der Waals surface area contributed by atoms with Gasteiger partial charge in [-0.3, -0.25) is 4.98 Å². The quantitative estimate of drug-likeness (QED) is 0.884. The van der Waals surface area contributed by atoms with Crippen molar-refractivity contribution in [3.63, 3.8) is 0 Å². The van der Waals surface area contributed by atoms with Gasteiger partial charge in [0.1, 0.15) is 5.82 Å². The van der Waals surface area contributed by atoms with Crippen LogP contribution in [0.2, 0.25) is 0 Å². The number of hydrogen-bond donors (Lipinski definition) is 2. The number of rotatable bonds is 2. The number of carbonyl (C=O) groups is 1. The van der Waals surface area contributed by atoms with Gasteiger partial charge in [0.05, 0.1) is 18.4 Å². The Bertz CT molecular complexity index is 832. The van der Waals surface area contributed by atoms with Gasteiger partial charge in [-0.2, -0.15) is 0 Å². The molecule has 0 bridgehead atoms. The topological polar surface area (TPSA) is 57.3 Å². The molecule has 128 valence electrons. The number of hydrogen-bond acceptors (Lipinski definition) is 3. The molecule has 0 unspecified atom stereocenters. The first-order valence-electron chi connectivity index (χ1n) is 8.38. The molecule has 1 aromatic heterocycles. The van der Waals surface area contributed by atoms with Crippen molar-refractivity contribution in [1.82, 2.24) is 15.2 Å². The molecule has 6 heteroatoms. The van der Waals surface area contributed by atoms with E-state index in [2.05, 4.69) is 21.7 Å². The third-order valence-corrected chi connectivity index (χ3v) is 4.59. The van der Waals surface area contributed by atoms with E-state index in [0.29, 0.717) is 13.1 Å². The van der Waals surface area contributed by atoms with Crippen molar-refractivity contribution in [2.75, 3.05) is 18.4 Å². The molecule has 0 spiro atoms. The van der Waals surface area contributed by atoms with Crippen LogP contribution in [0.1, 0.15) is 23.2 Å². The minimum atomic E-state index is -0.371. The Morgan fingerprint density at radius 3 is 2.84 bits per heavy atom. The van der Waals surface area contributed by atoms with Crippen LogP contribution >= 0.6 is 0 Å². The van der Waals surface area contributed by atoms with Gasteiger partial charge in [0.2, 0.25) is 0 Å². The first-order valence-corrected chi connectivity index (χ1v) is 8.38. The molecule has 25 heavy (non-hydrogen) atoms. The van der Waals surface area contributed by atoms with Gasteiger partial charge in [-0.1, -0.05) is 18.2 Å². The highest BCUT2D eigenvalue weighted by Gasteiger charge is 2.24. The first-order chi connectivity index (χ1) is 12.2. The number of aromatic nitrogens is 1. The minimum Gasteiger partial charge on any atom is -0.314 e. The summed E-state index contributed by atoms with van der Waals surface area (Å²) in [6.07, 6.45) is 4.40. The van der Waals surface area contributed by atoms with E-state index < -0.39 is 0 Å². The molecule has 0 saturated carbocycles. The molecule has 3 heterocycles. The van der Waals surface area contributed by atoms with Crippen molar-refractivity contribution < 1.29 is 9.18 Å². The third kappa shape index (κ3) is 3.39. The molecule has 5 nitrogen and oxygen atoms in total. The number of pyridine rings is 1. The monoisotopic (exact) mass is 338 g/mol. The summed E-state index contributed by atoms with van der Waals surface area (Å²) < 4.78 is 13.2. The maximum absolute atomic E-state index is 13.2. The molecule has 4 rings (SSSR count). The Balaban J connectivity index is 1.41. The van der Waals surface area contributed by atoms with Crippen LogP contribution in [0.25, 0.3) is 5.57 Å². The van der Waals surface area contributed by atoms with Gasteiger partial charge in [0, 0.05) is 18.8 Å². The van der Waals surface area contributed by atoms with E-state index in [9.17, 15) is 9.18 Å². The Labute approximate surface area is 145 Å². The lowest BCUT2D eigenvalue weighted by molar-refractivity contribution is 0.212. The lowest BCUT2D eigenvalue weighted by Gasteiger charge is -2.17. The van der Waals surface area contributed by atoms with E-state index in [1.165, 1.54) is 23.4 Å². The predicted octanol–water partition coefficient (Wildman–Crippen LogP) is 3.15. The van der Waals surface area contributed by atoms with Crippen molar-refractivity contribution in [3.8, 4) is 0 Å². The molecule has 0 fully saturated rings. The standard InChI is InChI=1S/C19H19FN4O/c20-16-9-15-11-24(12-18(15)22-10-16)19(25)23-17-3-1-13(2-4-17)14-5-7-21-8-6-14/h1-5,9-10,21H,6-8,11-12H2,(H,23,25). The second-order valence-corrected chi connectivity index (χ2v) is 6.31. The summed E-state index contributed by atoms with van der Waals surface area (Å²) in [5.41, 5.74) is 4.79. The van der Waals surface area contributed by atoms with E-state index in [1.807, 2.05) is 24.3 Å². The highest BCUT2D eigenvalue weighted by atomic mass is 19.1. The van der Waals surface area contributed by atoms with Crippen LogP contribution < -0.4 is 10.6 Å². The molecule has 2 N–H and O–H groups in total. The van der Waals surface area contributed by atoms with Crippen LogP contribution in [-0.4, -0.2) is 29.0 Å². The van der Waals surface area contributed by atoms with Crippen LogP contribution in [0.3, 0.4) is 0 Å². The number of amides is 2. The van der Waals surface area contributed by atoms with E-state index in [4.69, 9.17) is 0 Å². The summed E-state index contributed by atoms with van der Waals surface area (Å²) in [6.45, 7) is 2.68. The van der Waals surface area contributed by atoms with Crippen LogP contribution in [0.4, 0.5) is 14.9 Å². The van der Waals surface area contributed by atoms with E-state index >= 15 is 0 Å². The second kappa shape index (κ2) is 6.64. The molecular weight excluding hydrogens is 319 g/mol. The number of nitrogens with zero attached hydrogens (tertiary/aromatic N) is 2. The van der Waals surface area contributed by atoms with E-state index in [1.54, 1.807) is 4.90 Å². The van der Waals surface area contributed by atoms with Crippen LogP contribution in [0, 0.1) is 5.82 Å².